The van der Waals surface area contributed by atoms with E-state index in [1.54, 1.807) is 49.4 Å². The van der Waals surface area contributed by atoms with Crippen LogP contribution in [0.15, 0.2) is 53.4 Å². The van der Waals surface area contributed by atoms with Gasteiger partial charge in [-0.1, -0.05) is 47.2 Å². The van der Waals surface area contributed by atoms with Gasteiger partial charge in [-0.3, -0.25) is 4.79 Å². The van der Waals surface area contributed by atoms with Crippen LogP contribution in [0.2, 0.25) is 5.02 Å². The average molecular weight is 463 g/mol. The predicted octanol–water partition coefficient (Wildman–Crippen LogP) is 4.28. The second kappa shape index (κ2) is 8.43. The first-order valence-corrected chi connectivity index (χ1v) is 12.0. The fraction of sp³-hybridized carbons (Fsp3) is 0.250. The van der Waals surface area contributed by atoms with Crippen LogP contribution in [0.1, 0.15) is 39.3 Å². The van der Waals surface area contributed by atoms with E-state index in [0.29, 0.717) is 39.1 Å². The first-order chi connectivity index (χ1) is 14.4. The predicted molar refractivity (Wildman–Crippen MR) is 116 cm³/mol. The number of amides is 1. The maximum Gasteiger partial charge on any atom is 0.286 e. The normalized spacial score (nSPS) is 17.2. The van der Waals surface area contributed by atoms with E-state index < -0.39 is 22.0 Å². The third-order valence-corrected chi connectivity index (χ3v) is 8.21. The van der Waals surface area contributed by atoms with E-state index in [-0.39, 0.29) is 5.01 Å². The van der Waals surface area contributed by atoms with Gasteiger partial charge in [-0.25, -0.2) is 8.42 Å². The summed E-state index contributed by atoms with van der Waals surface area (Å²) in [6, 6.07) is 13.3. The maximum atomic E-state index is 13.2. The second-order valence-electron chi connectivity index (χ2n) is 6.95. The molecule has 0 unspecified atom stereocenters. The number of carbonyl (C=O) groups excluding carboxylic acids is 1. The van der Waals surface area contributed by atoms with Crippen LogP contribution in [0, 0.1) is 6.92 Å². The Bertz CT molecular complexity index is 1200. The van der Waals surface area contributed by atoms with Crippen LogP contribution >= 0.6 is 22.9 Å². The molecule has 1 amide bonds. The van der Waals surface area contributed by atoms with E-state index in [9.17, 15) is 13.2 Å². The Balaban J connectivity index is 1.56. The highest BCUT2D eigenvalue weighted by molar-refractivity contribution is 7.89. The third-order valence-electron chi connectivity index (χ3n) is 4.89. The number of benzene rings is 2. The van der Waals surface area contributed by atoms with Crippen molar-refractivity contribution < 1.29 is 13.2 Å². The number of hydrogen-bond acceptors (Lipinski definition) is 6. The standard InChI is InChI=1S/C20H19ClN4O3S2/c1-13-6-2-3-10-17(13)30(27,28)25-11-5-9-16(25)19-23-24-20(29-19)18(26)22-15-8-4-7-14(21)12-15/h2-4,6-8,10,12,16H,5,9,11H2,1H3,(H,22,26)/t16-/m1/s1. The molecule has 1 aliphatic rings. The van der Waals surface area contributed by atoms with Gasteiger partial charge in [-0.2, -0.15) is 4.31 Å². The summed E-state index contributed by atoms with van der Waals surface area (Å²) in [6.07, 6.45) is 1.36. The van der Waals surface area contributed by atoms with Crippen molar-refractivity contribution in [1.29, 1.82) is 0 Å². The van der Waals surface area contributed by atoms with Gasteiger partial charge in [0.05, 0.1) is 10.9 Å². The molecule has 4 rings (SSSR count). The SMILES string of the molecule is Cc1ccccc1S(=O)(=O)N1CCC[C@@H]1c1nnc(C(=O)Nc2cccc(Cl)c2)s1. The zero-order chi connectivity index (χ0) is 21.3. The van der Waals surface area contributed by atoms with Crippen LogP contribution in [0.4, 0.5) is 5.69 Å². The van der Waals surface area contributed by atoms with E-state index in [1.165, 1.54) is 4.31 Å². The number of halogens is 1. The van der Waals surface area contributed by atoms with Crippen LogP contribution in [0.25, 0.3) is 0 Å². The van der Waals surface area contributed by atoms with E-state index in [1.807, 2.05) is 6.07 Å². The minimum Gasteiger partial charge on any atom is -0.320 e. The van der Waals surface area contributed by atoms with Gasteiger partial charge in [0.1, 0.15) is 5.01 Å². The number of hydrogen-bond donors (Lipinski definition) is 1. The molecule has 10 heteroatoms. The Morgan fingerprint density at radius 1 is 1.20 bits per heavy atom. The summed E-state index contributed by atoms with van der Waals surface area (Å²) in [5.74, 6) is -0.410. The van der Waals surface area contributed by atoms with Gasteiger partial charge in [0.15, 0.2) is 0 Å². The summed E-state index contributed by atoms with van der Waals surface area (Å²) in [5, 5.41) is 12.0. The van der Waals surface area contributed by atoms with Gasteiger partial charge < -0.3 is 5.32 Å². The molecule has 1 atom stereocenters. The molecule has 156 valence electrons. The molecule has 1 N–H and O–H groups in total. The number of aryl methyl sites for hydroxylation is 1. The van der Waals surface area contributed by atoms with Gasteiger partial charge in [-0.05, 0) is 49.6 Å². The van der Waals surface area contributed by atoms with Crippen LogP contribution < -0.4 is 5.32 Å². The lowest BCUT2D eigenvalue weighted by atomic mass is 10.2. The molecule has 30 heavy (non-hydrogen) atoms. The molecule has 1 aromatic heterocycles. The molecule has 3 aromatic rings. The fourth-order valence-electron chi connectivity index (χ4n) is 3.46. The van der Waals surface area contributed by atoms with Gasteiger partial charge in [0, 0.05) is 17.3 Å². The second-order valence-corrected chi connectivity index (χ2v) is 10.3. The van der Waals surface area contributed by atoms with Crippen molar-refractivity contribution in [3.63, 3.8) is 0 Å². The van der Waals surface area contributed by atoms with E-state index in [4.69, 9.17) is 11.6 Å². The molecule has 0 radical (unpaired) electrons. The zero-order valence-corrected chi connectivity index (χ0v) is 18.5. The monoisotopic (exact) mass is 462 g/mol. The minimum absolute atomic E-state index is 0.171. The van der Waals surface area contributed by atoms with Crippen LogP contribution in [-0.2, 0) is 10.0 Å². The highest BCUT2D eigenvalue weighted by atomic mass is 35.5. The first kappa shape index (κ1) is 20.9. The Morgan fingerprint density at radius 3 is 2.77 bits per heavy atom. The maximum absolute atomic E-state index is 13.2. The Kier molecular flexibility index (Phi) is 5.88. The average Bonchev–Trinajstić information content (AvgIpc) is 3.38. The lowest BCUT2D eigenvalue weighted by molar-refractivity contribution is 0.102. The molecule has 0 aliphatic carbocycles. The van der Waals surface area contributed by atoms with Crippen molar-refractivity contribution in [2.24, 2.45) is 0 Å². The molecule has 1 saturated heterocycles. The van der Waals surface area contributed by atoms with Gasteiger partial charge >= 0.3 is 0 Å². The topological polar surface area (TPSA) is 92.3 Å². The molecule has 1 fully saturated rings. The van der Waals surface area contributed by atoms with Crippen molar-refractivity contribution in [3.8, 4) is 0 Å². The van der Waals surface area contributed by atoms with Crippen LogP contribution in [0.3, 0.4) is 0 Å². The summed E-state index contributed by atoms with van der Waals surface area (Å²) < 4.78 is 28.0. The van der Waals surface area contributed by atoms with E-state index >= 15 is 0 Å². The fourth-order valence-corrected chi connectivity index (χ4v) is 6.49. The van der Waals surface area contributed by atoms with Crippen molar-refractivity contribution in [1.82, 2.24) is 14.5 Å². The highest BCUT2D eigenvalue weighted by Crippen LogP contribution is 2.38. The summed E-state index contributed by atoms with van der Waals surface area (Å²) in [7, 11) is -3.67. The molecule has 0 spiro atoms. The molecule has 0 bridgehead atoms. The first-order valence-electron chi connectivity index (χ1n) is 9.34. The number of nitrogens with zero attached hydrogens (tertiary/aromatic N) is 3. The Morgan fingerprint density at radius 2 is 2.00 bits per heavy atom. The Hall–Kier alpha value is -2.33. The highest BCUT2D eigenvalue weighted by Gasteiger charge is 2.39. The molecular weight excluding hydrogens is 444 g/mol. The smallest absolute Gasteiger partial charge is 0.286 e. The van der Waals surface area contributed by atoms with Crippen molar-refractivity contribution in [2.45, 2.75) is 30.7 Å². The summed E-state index contributed by atoms with van der Waals surface area (Å²) in [4.78, 5) is 12.8. The van der Waals surface area contributed by atoms with Crippen molar-refractivity contribution in [2.75, 3.05) is 11.9 Å². The number of anilines is 1. The number of rotatable bonds is 5. The van der Waals surface area contributed by atoms with Gasteiger partial charge in [0.2, 0.25) is 15.0 Å². The third kappa shape index (κ3) is 4.11. The number of aromatic nitrogens is 2. The quantitative estimate of drug-likeness (QED) is 0.611. The largest absolute Gasteiger partial charge is 0.320 e. The van der Waals surface area contributed by atoms with Crippen LogP contribution in [-0.4, -0.2) is 35.4 Å². The van der Waals surface area contributed by atoms with Gasteiger partial charge in [-0.15, -0.1) is 10.2 Å². The van der Waals surface area contributed by atoms with Crippen molar-refractivity contribution in [3.05, 3.63) is 69.1 Å². The lowest BCUT2D eigenvalue weighted by Crippen LogP contribution is -2.31. The molecule has 2 aromatic carbocycles. The summed E-state index contributed by atoms with van der Waals surface area (Å²) in [6.45, 7) is 2.19. The summed E-state index contributed by atoms with van der Waals surface area (Å²) in [5.41, 5.74) is 1.25. The van der Waals surface area contributed by atoms with Gasteiger partial charge in [0.25, 0.3) is 5.91 Å². The van der Waals surface area contributed by atoms with E-state index in [2.05, 4.69) is 15.5 Å². The minimum atomic E-state index is -3.67. The molecule has 1 aliphatic heterocycles. The summed E-state index contributed by atoms with van der Waals surface area (Å²) >= 11 is 7.05. The van der Waals surface area contributed by atoms with Crippen molar-refractivity contribution >= 4 is 44.6 Å². The van der Waals surface area contributed by atoms with E-state index in [0.717, 1.165) is 17.8 Å². The molecule has 0 saturated carbocycles. The zero-order valence-electron chi connectivity index (χ0n) is 16.1. The number of sulfonamides is 1. The van der Waals surface area contributed by atoms with Crippen LogP contribution in [0.5, 0.6) is 0 Å². The molecular formula is C20H19ClN4O3S2. The number of nitrogens with one attached hydrogen (secondary N) is 1. The molecule has 2 heterocycles. The number of carbonyl (C=O) groups is 1. The Labute approximate surface area is 183 Å². The molecule has 7 nitrogen and oxygen atoms in total. The lowest BCUT2D eigenvalue weighted by Gasteiger charge is -2.23.